The first-order valence-electron chi connectivity index (χ1n) is 6.95. The van der Waals surface area contributed by atoms with Gasteiger partial charge in [-0.25, -0.2) is 4.79 Å². The fourth-order valence-corrected chi connectivity index (χ4v) is 2.70. The minimum atomic E-state index is -1.05. The van der Waals surface area contributed by atoms with Gasteiger partial charge < -0.3 is 14.7 Å². The van der Waals surface area contributed by atoms with Crippen LogP contribution < -0.4 is 0 Å². The van der Waals surface area contributed by atoms with Crippen molar-refractivity contribution < 1.29 is 19.4 Å². The third-order valence-electron chi connectivity index (χ3n) is 3.60. The first kappa shape index (κ1) is 15.5. The summed E-state index contributed by atoms with van der Waals surface area (Å²) in [7, 11) is 0. The molecule has 1 heterocycles. The van der Waals surface area contributed by atoms with Gasteiger partial charge >= 0.3 is 5.97 Å². The second-order valence-corrected chi connectivity index (χ2v) is 6.36. The topological polar surface area (TPSA) is 66.8 Å². The van der Waals surface area contributed by atoms with Crippen molar-refractivity contribution in [2.75, 3.05) is 6.61 Å². The average Bonchev–Trinajstić information content (AvgIpc) is 2.37. The summed E-state index contributed by atoms with van der Waals surface area (Å²) < 4.78 is 5.28. The summed E-state index contributed by atoms with van der Waals surface area (Å²) in [6, 6.07) is 6.92. The molecule has 2 rings (SSSR count). The lowest BCUT2D eigenvalue weighted by Gasteiger charge is -2.46. The van der Waals surface area contributed by atoms with E-state index in [1.54, 1.807) is 4.90 Å². The number of aliphatic carboxylic acids is 1. The van der Waals surface area contributed by atoms with Gasteiger partial charge in [0.25, 0.3) is 0 Å². The van der Waals surface area contributed by atoms with Crippen molar-refractivity contribution in [3.63, 3.8) is 0 Å². The Morgan fingerprint density at radius 2 is 1.86 bits per heavy atom. The second-order valence-electron chi connectivity index (χ2n) is 6.36. The van der Waals surface area contributed by atoms with Crippen molar-refractivity contribution >= 4 is 11.9 Å². The van der Waals surface area contributed by atoms with Crippen LogP contribution in [0.1, 0.15) is 37.9 Å². The van der Waals surface area contributed by atoms with Gasteiger partial charge in [0, 0.05) is 5.54 Å². The third kappa shape index (κ3) is 3.08. The summed E-state index contributed by atoms with van der Waals surface area (Å²) in [6.07, 6.45) is -1.05. The largest absolute Gasteiger partial charge is 0.479 e. The maximum Gasteiger partial charge on any atom is 0.335 e. The van der Waals surface area contributed by atoms with Crippen LogP contribution in [0.4, 0.5) is 0 Å². The van der Waals surface area contributed by atoms with E-state index in [0.717, 1.165) is 11.1 Å². The number of morpholine rings is 1. The zero-order valence-corrected chi connectivity index (χ0v) is 12.8. The van der Waals surface area contributed by atoms with Gasteiger partial charge in [0.05, 0.1) is 6.04 Å². The van der Waals surface area contributed by atoms with Gasteiger partial charge in [0.1, 0.15) is 6.61 Å². The monoisotopic (exact) mass is 291 g/mol. The molecular formula is C16H21NO4. The Balaban J connectivity index is 2.51. The van der Waals surface area contributed by atoms with Gasteiger partial charge in [-0.05, 0) is 33.3 Å². The Morgan fingerprint density at radius 3 is 2.33 bits per heavy atom. The molecule has 1 saturated heterocycles. The molecule has 0 radical (unpaired) electrons. The predicted molar refractivity (Wildman–Crippen MR) is 77.9 cm³/mol. The van der Waals surface area contributed by atoms with Gasteiger partial charge in [-0.2, -0.15) is 0 Å². The first-order chi connectivity index (χ1) is 9.71. The summed E-state index contributed by atoms with van der Waals surface area (Å²) in [5, 5.41) is 9.43. The highest BCUT2D eigenvalue weighted by atomic mass is 16.5. The van der Waals surface area contributed by atoms with Crippen LogP contribution in [0.3, 0.4) is 0 Å². The number of aryl methyl sites for hydroxylation is 1. The highest BCUT2D eigenvalue weighted by molar-refractivity contribution is 5.83. The summed E-state index contributed by atoms with van der Waals surface area (Å²) >= 11 is 0. The van der Waals surface area contributed by atoms with Crippen LogP contribution in [0.15, 0.2) is 24.3 Å². The number of hydrogen-bond acceptors (Lipinski definition) is 3. The number of rotatable bonds is 2. The predicted octanol–water partition coefficient (Wildman–Crippen LogP) is 2.15. The van der Waals surface area contributed by atoms with E-state index in [9.17, 15) is 14.7 Å². The van der Waals surface area contributed by atoms with Crippen LogP contribution in [-0.4, -0.2) is 40.1 Å². The Morgan fingerprint density at radius 1 is 1.29 bits per heavy atom. The van der Waals surface area contributed by atoms with E-state index in [2.05, 4.69) is 0 Å². The van der Waals surface area contributed by atoms with Crippen molar-refractivity contribution in [2.45, 2.75) is 45.4 Å². The smallest absolute Gasteiger partial charge is 0.335 e. The van der Waals surface area contributed by atoms with Crippen LogP contribution in [0.2, 0.25) is 0 Å². The number of amides is 1. The molecule has 5 heteroatoms. The molecule has 0 aliphatic carbocycles. The fourth-order valence-electron chi connectivity index (χ4n) is 2.70. The first-order valence-corrected chi connectivity index (χ1v) is 6.95. The maximum absolute atomic E-state index is 12.3. The molecule has 0 aromatic heterocycles. The standard InChI is InChI=1S/C16H21NO4/c1-10-5-7-11(8-6-10)13-14(15(19)20)21-9-12(18)17(13)16(2,3)4/h5-8,13-14H,9H2,1-4H3,(H,19,20). The van der Waals surface area contributed by atoms with Crippen LogP contribution in [0, 0.1) is 6.92 Å². The molecule has 21 heavy (non-hydrogen) atoms. The molecular weight excluding hydrogens is 270 g/mol. The average molecular weight is 291 g/mol. The van der Waals surface area contributed by atoms with Crippen molar-refractivity contribution in [1.82, 2.24) is 4.90 Å². The minimum Gasteiger partial charge on any atom is -0.479 e. The Kier molecular flexibility index (Phi) is 4.05. The number of carboxylic acid groups (broad SMARTS) is 1. The van der Waals surface area contributed by atoms with Gasteiger partial charge in [-0.1, -0.05) is 29.8 Å². The fraction of sp³-hybridized carbons (Fsp3) is 0.500. The van der Waals surface area contributed by atoms with Crippen LogP contribution in [0.25, 0.3) is 0 Å². The van der Waals surface area contributed by atoms with E-state index in [4.69, 9.17) is 4.74 Å². The molecule has 2 atom stereocenters. The van der Waals surface area contributed by atoms with Crippen molar-refractivity contribution in [1.29, 1.82) is 0 Å². The summed E-state index contributed by atoms with van der Waals surface area (Å²) in [4.78, 5) is 25.4. The molecule has 1 amide bonds. The Labute approximate surface area is 124 Å². The van der Waals surface area contributed by atoms with Crippen molar-refractivity contribution in [3.8, 4) is 0 Å². The minimum absolute atomic E-state index is 0.189. The molecule has 0 spiro atoms. The maximum atomic E-state index is 12.3. The SMILES string of the molecule is Cc1ccc(C2C(C(=O)O)OCC(=O)N2C(C)(C)C)cc1. The van der Waals surface area contributed by atoms with E-state index in [1.807, 2.05) is 52.0 Å². The van der Waals surface area contributed by atoms with Crippen molar-refractivity contribution in [3.05, 3.63) is 35.4 Å². The summed E-state index contributed by atoms with van der Waals surface area (Å²) in [5.74, 6) is -1.24. The molecule has 1 fully saturated rings. The van der Waals surface area contributed by atoms with E-state index in [1.165, 1.54) is 0 Å². The molecule has 5 nitrogen and oxygen atoms in total. The highest BCUT2D eigenvalue weighted by Gasteiger charge is 2.45. The number of carbonyl (C=O) groups is 2. The normalized spacial score (nSPS) is 23.2. The molecule has 0 saturated carbocycles. The van der Waals surface area contributed by atoms with Crippen LogP contribution in [-0.2, 0) is 14.3 Å². The van der Waals surface area contributed by atoms with Gasteiger partial charge in [-0.15, -0.1) is 0 Å². The lowest BCUT2D eigenvalue weighted by molar-refractivity contribution is -0.179. The highest BCUT2D eigenvalue weighted by Crippen LogP contribution is 2.35. The van der Waals surface area contributed by atoms with Crippen LogP contribution in [0.5, 0.6) is 0 Å². The number of benzene rings is 1. The molecule has 1 N–H and O–H groups in total. The van der Waals surface area contributed by atoms with E-state index in [0.29, 0.717) is 0 Å². The second kappa shape index (κ2) is 5.48. The summed E-state index contributed by atoms with van der Waals surface area (Å²) in [6.45, 7) is 7.46. The van der Waals surface area contributed by atoms with Crippen LogP contribution >= 0.6 is 0 Å². The number of ether oxygens (including phenoxy) is 1. The Bertz CT molecular complexity index is 544. The zero-order chi connectivity index (χ0) is 15.8. The van der Waals surface area contributed by atoms with Gasteiger partial charge in [0.2, 0.25) is 5.91 Å². The molecule has 1 aliphatic rings. The molecule has 1 aromatic carbocycles. The summed E-state index contributed by atoms with van der Waals surface area (Å²) in [5.41, 5.74) is 1.37. The number of carboxylic acids is 1. The lowest BCUT2D eigenvalue weighted by Crippen LogP contribution is -2.58. The van der Waals surface area contributed by atoms with Crippen molar-refractivity contribution in [2.24, 2.45) is 0 Å². The lowest BCUT2D eigenvalue weighted by atomic mass is 9.92. The molecule has 1 aliphatic heterocycles. The van der Waals surface area contributed by atoms with Gasteiger partial charge in [0.15, 0.2) is 6.10 Å². The molecule has 0 bridgehead atoms. The quantitative estimate of drug-likeness (QED) is 0.906. The number of hydrogen-bond donors (Lipinski definition) is 1. The molecule has 114 valence electrons. The molecule has 2 unspecified atom stereocenters. The number of carbonyl (C=O) groups excluding carboxylic acids is 1. The van der Waals surface area contributed by atoms with E-state index in [-0.39, 0.29) is 12.5 Å². The van der Waals surface area contributed by atoms with E-state index < -0.39 is 23.7 Å². The molecule has 1 aromatic rings. The Hall–Kier alpha value is -1.88. The van der Waals surface area contributed by atoms with Gasteiger partial charge in [-0.3, -0.25) is 4.79 Å². The van der Waals surface area contributed by atoms with E-state index >= 15 is 0 Å². The third-order valence-corrected chi connectivity index (χ3v) is 3.60. The number of nitrogens with zero attached hydrogens (tertiary/aromatic N) is 1. The zero-order valence-electron chi connectivity index (χ0n) is 12.8.